The average Bonchev–Trinajstić information content (AvgIpc) is 3.39. The standard InChI is InChI=1S/C26H21ClN4O2S/c1-17-22-14-23(34-26(22)31(29-17)16-19-5-9-20(27)10-6-19)25(33)28-21-11-7-18(8-12-21)15-30-13-3-2-4-24(30)32/h2-14H,15-16H2,1H3,(H,28,33). The number of aromatic nitrogens is 3. The Hall–Kier alpha value is -3.68. The van der Waals surface area contributed by atoms with E-state index < -0.39 is 0 Å². The Morgan fingerprint density at radius 1 is 1.00 bits per heavy atom. The van der Waals surface area contributed by atoms with Crippen LogP contribution in [0.3, 0.4) is 0 Å². The van der Waals surface area contributed by atoms with Gasteiger partial charge in [-0.3, -0.25) is 14.3 Å². The van der Waals surface area contributed by atoms with Crippen molar-refractivity contribution in [3.8, 4) is 0 Å². The molecule has 5 rings (SSSR count). The highest BCUT2D eigenvalue weighted by Gasteiger charge is 2.17. The van der Waals surface area contributed by atoms with Crippen LogP contribution in [0.4, 0.5) is 5.69 Å². The first-order valence-corrected chi connectivity index (χ1v) is 11.9. The number of nitrogens with one attached hydrogen (secondary N) is 1. The molecule has 0 aliphatic carbocycles. The van der Waals surface area contributed by atoms with Crippen LogP contribution in [0.2, 0.25) is 5.02 Å². The van der Waals surface area contributed by atoms with Gasteiger partial charge in [0.25, 0.3) is 11.5 Å². The fraction of sp³-hybridized carbons (Fsp3) is 0.115. The molecule has 2 aromatic carbocycles. The van der Waals surface area contributed by atoms with E-state index in [0.717, 1.165) is 27.0 Å². The van der Waals surface area contributed by atoms with Crippen molar-refractivity contribution in [2.45, 2.75) is 20.0 Å². The second-order valence-electron chi connectivity index (χ2n) is 8.02. The largest absolute Gasteiger partial charge is 0.321 e. The highest BCUT2D eigenvalue weighted by Crippen LogP contribution is 2.29. The van der Waals surface area contributed by atoms with E-state index in [1.807, 2.05) is 72.3 Å². The molecule has 34 heavy (non-hydrogen) atoms. The number of amides is 1. The monoisotopic (exact) mass is 488 g/mol. The number of pyridine rings is 1. The molecule has 0 bridgehead atoms. The maximum Gasteiger partial charge on any atom is 0.265 e. The van der Waals surface area contributed by atoms with Crippen molar-refractivity contribution in [3.05, 3.63) is 116 Å². The molecule has 1 amide bonds. The van der Waals surface area contributed by atoms with Gasteiger partial charge >= 0.3 is 0 Å². The molecule has 170 valence electrons. The van der Waals surface area contributed by atoms with Gasteiger partial charge in [0.2, 0.25) is 0 Å². The molecule has 0 aliphatic heterocycles. The van der Waals surface area contributed by atoms with Crippen molar-refractivity contribution in [2.75, 3.05) is 5.32 Å². The van der Waals surface area contributed by atoms with Crippen LogP contribution in [-0.4, -0.2) is 20.3 Å². The van der Waals surface area contributed by atoms with Crippen molar-refractivity contribution in [1.82, 2.24) is 14.3 Å². The molecule has 0 saturated carbocycles. The molecule has 0 radical (unpaired) electrons. The van der Waals surface area contributed by atoms with Gasteiger partial charge in [-0.25, -0.2) is 0 Å². The van der Waals surface area contributed by atoms with Crippen molar-refractivity contribution in [3.63, 3.8) is 0 Å². The Morgan fingerprint density at radius 2 is 1.71 bits per heavy atom. The number of hydrogen-bond acceptors (Lipinski definition) is 4. The number of benzene rings is 2. The number of hydrogen-bond donors (Lipinski definition) is 1. The van der Waals surface area contributed by atoms with E-state index in [2.05, 4.69) is 10.4 Å². The third-order valence-electron chi connectivity index (χ3n) is 5.54. The molecule has 0 spiro atoms. The van der Waals surface area contributed by atoms with E-state index in [4.69, 9.17) is 11.6 Å². The number of rotatable bonds is 6. The SMILES string of the molecule is Cc1nn(Cc2ccc(Cl)cc2)c2sc(C(=O)Nc3ccc(Cn4ccccc4=O)cc3)cc12. The molecule has 3 aromatic heterocycles. The number of anilines is 1. The summed E-state index contributed by atoms with van der Waals surface area (Å²) in [5.74, 6) is -0.161. The fourth-order valence-corrected chi connectivity index (χ4v) is 4.95. The first-order chi connectivity index (χ1) is 16.5. The number of carbonyl (C=O) groups excluding carboxylic acids is 1. The highest BCUT2D eigenvalue weighted by molar-refractivity contribution is 7.20. The van der Waals surface area contributed by atoms with Gasteiger partial charge in [0, 0.05) is 28.4 Å². The molecule has 6 nitrogen and oxygen atoms in total. The summed E-state index contributed by atoms with van der Waals surface area (Å²) >= 11 is 7.42. The number of thiophene rings is 1. The summed E-state index contributed by atoms with van der Waals surface area (Å²) < 4.78 is 3.57. The highest BCUT2D eigenvalue weighted by atomic mass is 35.5. The minimum atomic E-state index is -0.161. The third-order valence-corrected chi connectivity index (χ3v) is 6.94. The van der Waals surface area contributed by atoms with Crippen molar-refractivity contribution >= 4 is 44.7 Å². The second-order valence-corrected chi connectivity index (χ2v) is 9.48. The summed E-state index contributed by atoms with van der Waals surface area (Å²) in [4.78, 5) is 26.4. The summed E-state index contributed by atoms with van der Waals surface area (Å²) in [5.41, 5.74) is 3.61. The zero-order valence-corrected chi connectivity index (χ0v) is 19.9. The number of carbonyl (C=O) groups is 1. The van der Waals surface area contributed by atoms with E-state index in [9.17, 15) is 9.59 Å². The lowest BCUT2D eigenvalue weighted by molar-refractivity contribution is 0.103. The molecule has 1 N–H and O–H groups in total. The van der Waals surface area contributed by atoms with Crippen molar-refractivity contribution in [2.24, 2.45) is 0 Å². The Labute approximate surface area is 205 Å². The zero-order chi connectivity index (χ0) is 23.7. The van der Waals surface area contributed by atoms with Gasteiger partial charge in [-0.05, 0) is 54.4 Å². The molecule has 0 unspecified atom stereocenters. The maximum absolute atomic E-state index is 12.9. The predicted octanol–water partition coefficient (Wildman–Crippen LogP) is 5.57. The van der Waals surface area contributed by atoms with E-state index in [-0.39, 0.29) is 11.5 Å². The fourth-order valence-electron chi connectivity index (χ4n) is 3.77. The summed E-state index contributed by atoms with van der Waals surface area (Å²) in [6.45, 7) is 3.04. The first-order valence-electron chi connectivity index (χ1n) is 10.7. The van der Waals surface area contributed by atoms with Crippen molar-refractivity contribution < 1.29 is 4.79 Å². The minimum absolute atomic E-state index is 0.0467. The van der Waals surface area contributed by atoms with Crippen LogP contribution in [0.15, 0.2) is 83.8 Å². The van der Waals surface area contributed by atoms with Crippen LogP contribution >= 0.6 is 22.9 Å². The van der Waals surface area contributed by atoms with Gasteiger partial charge < -0.3 is 9.88 Å². The maximum atomic E-state index is 12.9. The van der Waals surface area contributed by atoms with Crippen LogP contribution in [0.1, 0.15) is 26.5 Å². The molecule has 0 fully saturated rings. The van der Waals surface area contributed by atoms with Crippen LogP contribution in [0, 0.1) is 6.92 Å². The lowest BCUT2D eigenvalue weighted by Crippen LogP contribution is -2.18. The number of halogens is 1. The van der Waals surface area contributed by atoms with Crippen LogP contribution in [0.25, 0.3) is 10.2 Å². The zero-order valence-electron chi connectivity index (χ0n) is 18.4. The summed E-state index contributed by atoms with van der Waals surface area (Å²) in [6, 6.07) is 22.2. The van der Waals surface area contributed by atoms with E-state index in [1.54, 1.807) is 16.8 Å². The molecule has 8 heteroatoms. The Bertz CT molecular complexity index is 1530. The Morgan fingerprint density at radius 3 is 2.44 bits per heavy atom. The number of nitrogens with zero attached hydrogens (tertiary/aromatic N) is 3. The predicted molar refractivity (Wildman–Crippen MR) is 137 cm³/mol. The number of fused-ring (bicyclic) bond motifs is 1. The molecule has 0 saturated heterocycles. The smallest absolute Gasteiger partial charge is 0.265 e. The normalized spacial score (nSPS) is 11.1. The molecular weight excluding hydrogens is 468 g/mol. The first kappa shape index (κ1) is 22.1. The van der Waals surface area contributed by atoms with Crippen molar-refractivity contribution in [1.29, 1.82) is 0 Å². The van der Waals surface area contributed by atoms with Gasteiger partial charge in [0.1, 0.15) is 4.83 Å². The van der Waals surface area contributed by atoms with E-state index >= 15 is 0 Å². The Balaban J connectivity index is 1.31. The summed E-state index contributed by atoms with van der Waals surface area (Å²) in [7, 11) is 0. The van der Waals surface area contributed by atoms with Crippen LogP contribution in [0.5, 0.6) is 0 Å². The molecular formula is C26H21ClN4O2S. The quantitative estimate of drug-likeness (QED) is 0.339. The second kappa shape index (κ2) is 9.29. The van der Waals surface area contributed by atoms with Gasteiger partial charge in [-0.2, -0.15) is 5.10 Å². The van der Waals surface area contributed by atoms with Gasteiger partial charge in [-0.15, -0.1) is 11.3 Å². The van der Waals surface area contributed by atoms with Gasteiger partial charge in [0.05, 0.1) is 23.7 Å². The summed E-state index contributed by atoms with van der Waals surface area (Å²) in [5, 5.41) is 9.28. The molecule has 5 aromatic rings. The minimum Gasteiger partial charge on any atom is -0.321 e. The van der Waals surface area contributed by atoms with Crippen LogP contribution in [-0.2, 0) is 13.1 Å². The lowest BCUT2D eigenvalue weighted by atomic mass is 10.2. The van der Waals surface area contributed by atoms with E-state index in [1.165, 1.54) is 17.4 Å². The van der Waals surface area contributed by atoms with E-state index in [0.29, 0.717) is 28.7 Å². The molecule has 0 atom stereocenters. The number of aryl methyl sites for hydroxylation is 1. The van der Waals surface area contributed by atoms with Gasteiger partial charge in [-0.1, -0.05) is 41.9 Å². The molecule has 3 heterocycles. The van der Waals surface area contributed by atoms with Crippen LogP contribution < -0.4 is 10.9 Å². The third kappa shape index (κ3) is 4.66. The summed E-state index contributed by atoms with van der Waals surface area (Å²) in [6.07, 6.45) is 1.76. The van der Waals surface area contributed by atoms with Gasteiger partial charge in [0.15, 0.2) is 0 Å². The topological polar surface area (TPSA) is 68.9 Å². The molecule has 0 aliphatic rings. The average molecular weight is 489 g/mol. The Kier molecular flexibility index (Phi) is 6.04. The lowest BCUT2D eigenvalue weighted by Gasteiger charge is -2.07.